The average molecular weight is 366 g/mol. The van der Waals surface area contributed by atoms with E-state index in [1.165, 1.54) is 11.3 Å². The minimum Gasteiger partial charge on any atom is -0.378 e. The minimum absolute atomic E-state index is 0.183. The second kappa shape index (κ2) is 6.53. The van der Waals surface area contributed by atoms with Crippen molar-refractivity contribution in [2.24, 2.45) is 7.05 Å². The molecule has 4 heterocycles. The first-order valence-corrected chi connectivity index (χ1v) is 9.50. The van der Waals surface area contributed by atoms with Gasteiger partial charge in [0, 0.05) is 56.3 Å². The van der Waals surface area contributed by atoms with Gasteiger partial charge >= 0.3 is 0 Å². The van der Waals surface area contributed by atoms with Gasteiger partial charge in [-0.3, -0.25) is 0 Å². The van der Waals surface area contributed by atoms with Gasteiger partial charge in [-0.25, -0.2) is 9.37 Å². The van der Waals surface area contributed by atoms with Gasteiger partial charge in [0.1, 0.15) is 11.6 Å². The SMILES string of the molecule is Cn1c2c(c3ccc(F)cc31)CN(c1ccc(N3CCOCC3)cn1)CC2. The number of rotatable bonds is 2. The van der Waals surface area contributed by atoms with Crippen molar-refractivity contribution < 1.29 is 9.13 Å². The molecule has 1 fully saturated rings. The van der Waals surface area contributed by atoms with Crippen molar-refractivity contribution in [2.45, 2.75) is 13.0 Å². The Morgan fingerprint density at radius 2 is 1.89 bits per heavy atom. The number of nitrogens with zero attached hydrogens (tertiary/aromatic N) is 4. The Balaban J connectivity index is 1.42. The Hall–Kier alpha value is -2.60. The van der Waals surface area contributed by atoms with Crippen molar-refractivity contribution in [2.75, 3.05) is 42.6 Å². The molecule has 0 radical (unpaired) electrons. The predicted octanol–water partition coefficient (Wildman–Crippen LogP) is 3.11. The van der Waals surface area contributed by atoms with Gasteiger partial charge in [0.25, 0.3) is 0 Å². The van der Waals surface area contributed by atoms with E-state index in [0.717, 1.165) is 68.2 Å². The summed E-state index contributed by atoms with van der Waals surface area (Å²) in [5.74, 6) is 0.814. The fraction of sp³-hybridized carbons (Fsp3) is 0.381. The Labute approximate surface area is 158 Å². The molecule has 0 amide bonds. The molecule has 5 nitrogen and oxygen atoms in total. The van der Waals surface area contributed by atoms with E-state index < -0.39 is 0 Å². The fourth-order valence-corrected chi connectivity index (χ4v) is 4.32. The Bertz CT molecular complexity index is 976. The molecule has 2 aromatic heterocycles. The number of aromatic nitrogens is 2. The highest BCUT2D eigenvalue weighted by atomic mass is 19.1. The van der Waals surface area contributed by atoms with E-state index in [2.05, 4.69) is 26.5 Å². The summed E-state index contributed by atoms with van der Waals surface area (Å²) in [4.78, 5) is 9.36. The molecule has 0 unspecified atom stereocenters. The Kier molecular flexibility index (Phi) is 4.01. The van der Waals surface area contributed by atoms with E-state index in [4.69, 9.17) is 9.72 Å². The summed E-state index contributed by atoms with van der Waals surface area (Å²) >= 11 is 0. The highest BCUT2D eigenvalue weighted by Crippen LogP contribution is 2.32. The smallest absolute Gasteiger partial charge is 0.128 e. The van der Waals surface area contributed by atoms with Gasteiger partial charge in [-0.2, -0.15) is 0 Å². The van der Waals surface area contributed by atoms with Gasteiger partial charge < -0.3 is 19.1 Å². The molecule has 6 heteroatoms. The second-order valence-corrected chi connectivity index (χ2v) is 7.29. The number of ether oxygens (including phenoxy) is 1. The van der Waals surface area contributed by atoms with Gasteiger partial charge in [0.05, 0.1) is 30.6 Å². The summed E-state index contributed by atoms with van der Waals surface area (Å²) in [5.41, 5.74) is 4.72. The molecule has 0 aliphatic carbocycles. The second-order valence-electron chi connectivity index (χ2n) is 7.29. The lowest BCUT2D eigenvalue weighted by molar-refractivity contribution is 0.122. The van der Waals surface area contributed by atoms with Crippen LogP contribution >= 0.6 is 0 Å². The van der Waals surface area contributed by atoms with Crippen molar-refractivity contribution in [3.05, 3.63) is 53.6 Å². The van der Waals surface area contributed by atoms with E-state index in [1.54, 1.807) is 12.1 Å². The Morgan fingerprint density at radius 1 is 1.04 bits per heavy atom. The van der Waals surface area contributed by atoms with E-state index >= 15 is 0 Å². The molecule has 1 aromatic carbocycles. The molecule has 0 bridgehead atoms. The van der Waals surface area contributed by atoms with Gasteiger partial charge in [0.15, 0.2) is 0 Å². The van der Waals surface area contributed by atoms with Crippen LogP contribution in [-0.2, 0) is 24.8 Å². The van der Waals surface area contributed by atoms with Crippen molar-refractivity contribution in [3.8, 4) is 0 Å². The molecule has 5 rings (SSSR count). The fourth-order valence-electron chi connectivity index (χ4n) is 4.32. The molecule has 1 saturated heterocycles. The summed E-state index contributed by atoms with van der Waals surface area (Å²) < 4.78 is 21.2. The normalized spacial score (nSPS) is 17.4. The number of pyridine rings is 1. The summed E-state index contributed by atoms with van der Waals surface area (Å²) in [7, 11) is 2.03. The molecule has 140 valence electrons. The number of halogens is 1. The molecule has 2 aliphatic heterocycles. The van der Waals surface area contributed by atoms with E-state index in [9.17, 15) is 4.39 Å². The zero-order valence-corrected chi connectivity index (χ0v) is 15.5. The highest BCUT2D eigenvalue weighted by molar-refractivity contribution is 5.86. The monoisotopic (exact) mass is 366 g/mol. The molecule has 0 spiro atoms. The van der Waals surface area contributed by atoms with Crippen molar-refractivity contribution >= 4 is 22.4 Å². The summed E-state index contributed by atoms with van der Waals surface area (Å²) in [6, 6.07) is 9.36. The van der Waals surface area contributed by atoms with Crippen molar-refractivity contribution in [1.82, 2.24) is 9.55 Å². The van der Waals surface area contributed by atoms with Gasteiger partial charge in [-0.1, -0.05) is 0 Å². The molecule has 27 heavy (non-hydrogen) atoms. The maximum atomic E-state index is 13.7. The summed E-state index contributed by atoms with van der Waals surface area (Å²) in [5, 5.41) is 1.14. The first-order chi connectivity index (χ1) is 13.2. The topological polar surface area (TPSA) is 33.5 Å². The number of benzene rings is 1. The van der Waals surface area contributed by atoms with Crippen LogP contribution in [0.5, 0.6) is 0 Å². The third-order valence-electron chi connectivity index (χ3n) is 5.80. The van der Waals surface area contributed by atoms with Gasteiger partial charge in [-0.05, 0) is 30.3 Å². The maximum absolute atomic E-state index is 13.7. The van der Waals surface area contributed by atoms with Crippen LogP contribution < -0.4 is 9.80 Å². The number of hydrogen-bond acceptors (Lipinski definition) is 4. The van der Waals surface area contributed by atoms with Crippen LogP contribution in [0.2, 0.25) is 0 Å². The molecule has 0 N–H and O–H groups in total. The molecular weight excluding hydrogens is 343 g/mol. The predicted molar refractivity (Wildman–Crippen MR) is 105 cm³/mol. The van der Waals surface area contributed by atoms with Crippen LogP contribution in [0.3, 0.4) is 0 Å². The number of aryl methyl sites for hydroxylation is 1. The molecule has 3 aromatic rings. The van der Waals surface area contributed by atoms with Crippen molar-refractivity contribution in [3.63, 3.8) is 0 Å². The molecule has 0 saturated carbocycles. The van der Waals surface area contributed by atoms with Crippen LogP contribution in [0, 0.1) is 5.82 Å². The third kappa shape index (κ3) is 2.84. The average Bonchev–Trinajstić information content (AvgIpc) is 3.00. The van der Waals surface area contributed by atoms with Crippen molar-refractivity contribution in [1.29, 1.82) is 0 Å². The summed E-state index contributed by atoms with van der Waals surface area (Å²) in [6.45, 7) is 5.11. The van der Waals surface area contributed by atoms with E-state index in [0.29, 0.717) is 0 Å². The third-order valence-corrected chi connectivity index (χ3v) is 5.80. The molecule has 2 aliphatic rings. The van der Waals surface area contributed by atoms with Crippen LogP contribution in [0.25, 0.3) is 10.9 Å². The Morgan fingerprint density at radius 3 is 2.67 bits per heavy atom. The number of morpholine rings is 1. The highest BCUT2D eigenvalue weighted by Gasteiger charge is 2.24. The lowest BCUT2D eigenvalue weighted by Gasteiger charge is -2.31. The largest absolute Gasteiger partial charge is 0.378 e. The van der Waals surface area contributed by atoms with Crippen LogP contribution in [0.15, 0.2) is 36.5 Å². The maximum Gasteiger partial charge on any atom is 0.128 e. The van der Waals surface area contributed by atoms with Gasteiger partial charge in [0.2, 0.25) is 0 Å². The van der Waals surface area contributed by atoms with E-state index in [1.807, 2.05) is 19.3 Å². The minimum atomic E-state index is -0.183. The summed E-state index contributed by atoms with van der Waals surface area (Å²) in [6.07, 6.45) is 2.91. The van der Waals surface area contributed by atoms with Gasteiger partial charge in [-0.15, -0.1) is 0 Å². The zero-order chi connectivity index (χ0) is 18.4. The van der Waals surface area contributed by atoms with E-state index in [-0.39, 0.29) is 5.82 Å². The number of hydrogen-bond donors (Lipinski definition) is 0. The number of anilines is 2. The van der Waals surface area contributed by atoms with Crippen LogP contribution in [0.4, 0.5) is 15.9 Å². The quantitative estimate of drug-likeness (QED) is 0.698. The van der Waals surface area contributed by atoms with Crippen LogP contribution in [0.1, 0.15) is 11.3 Å². The molecular formula is C21H23FN4O. The number of fused-ring (bicyclic) bond motifs is 3. The lowest BCUT2D eigenvalue weighted by Crippen LogP contribution is -2.36. The standard InChI is InChI=1S/C21H23FN4O/c1-24-19-6-7-26(14-18(19)17-4-2-15(22)12-20(17)24)21-5-3-16(13-23-21)25-8-10-27-11-9-25/h2-5,12-13H,6-11,14H2,1H3. The molecule has 0 atom stereocenters. The lowest BCUT2D eigenvalue weighted by atomic mass is 10.0. The van der Waals surface area contributed by atoms with Crippen LogP contribution in [-0.4, -0.2) is 42.4 Å². The first kappa shape index (κ1) is 16.6. The first-order valence-electron chi connectivity index (χ1n) is 9.50. The zero-order valence-electron chi connectivity index (χ0n) is 15.5.